The van der Waals surface area contributed by atoms with Crippen LogP contribution in [0.25, 0.3) is 127 Å². The molecule has 0 unspecified atom stereocenters. The summed E-state index contributed by atoms with van der Waals surface area (Å²) in [4.78, 5) is 11.1. The number of hydrogen-bond donors (Lipinski definition) is 0. The molecule has 264 valence electrons. The Kier molecular flexibility index (Phi) is 6.10. The van der Waals surface area contributed by atoms with Gasteiger partial charge in [0.15, 0.2) is 5.82 Å². The van der Waals surface area contributed by atoms with Gasteiger partial charge in [-0.3, -0.25) is 4.57 Å². The minimum Gasteiger partial charge on any atom is -0.456 e. The van der Waals surface area contributed by atoms with Crippen molar-refractivity contribution in [3.8, 4) is 39.3 Å². The SMILES string of the molecule is c1ccc(-c2cc(-c3ccccc3)cc(-c3nc4oc5ccccc5c4nc3-n3c4cccc5c6ccccc6c6cccc7oc8ccc3c(c8c76)c54)c2)cc1. The van der Waals surface area contributed by atoms with Gasteiger partial charge < -0.3 is 8.83 Å². The van der Waals surface area contributed by atoms with Crippen LogP contribution in [0.4, 0.5) is 0 Å². The molecule has 13 rings (SSSR count). The Morgan fingerprint density at radius 1 is 0.351 bits per heavy atom. The molecule has 0 spiro atoms. The maximum absolute atomic E-state index is 6.65. The molecule has 0 N–H and O–H groups in total. The molecule has 4 heterocycles. The lowest BCUT2D eigenvalue weighted by Gasteiger charge is -2.15. The Hall–Kier alpha value is -7.76. The largest absolute Gasteiger partial charge is 0.456 e. The van der Waals surface area contributed by atoms with Gasteiger partial charge in [-0.25, -0.2) is 9.97 Å². The molecule has 0 atom stereocenters. The molecule has 13 aromatic rings. The normalized spacial score (nSPS) is 12.2. The Balaban J connectivity index is 1.23. The second-order valence-electron chi connectivity index (χ2n) is 14.9. The summed E-state index contributed by atoms with van der Waals surface area (Å²) in [6.45, 7) is 0. The summed E-state index contributed by atoms with van der Waals surface area (Å²) in [5.41, 5.74) is 11.9. The standard InChI is InChI=1S/C52H29N3O2/c1-3-13-30(14-4-1)32-27-33(31-15-5-2-6-16-31)29-34(28-32)49-51(53-50-39-19-9-10-23-42(39)57-52(50)54-49)55-40-22-11-20-37-35-17-7-8-18-36(35)38-21-12-24-43-46(38)48-44(56-43)26-25-41(55)47(48)45(37)40/h1-29H. The lowest BCUT2D eigenvalue weighted by Crippen LogP contribution is -2.03. The molecule has 0 aliphatic rings. The highest BCUT2D eigenvalue weighted by atomic mass is 16.3. The molecule has 4 aromatic heterocycles. The topological polar surface area (TPSA) is 57.0 Å². The van der Waals surface area contributed by atoms with E-state index in [2.05, 4.69) is 162 Å². The van der Waals surface area contributed by atoms with Gasteiger partial charge in [0.2, 0.25) is 5.71 Å². The number of furan rings is 2. The summed E-state index contributed by atoms with van der Waals surface area (Å²) in [6, 6.07) is 62.0. The van der Waals surface area contributed by atoms with Gasteiger partial charge in [0.1, 0.15) is 28.0 Å². The average molecular weight is 728 g/mol. The summed E-state index contributed by atoms with van der Waals surface area (Å²) in [5.74, 6) is 0.732. The zero-order chi connectivity index (χ0) is 37.2. The van der Waals surface area contributed by atoms with E-state index in [9.17, 15) is 0 Å². The van der Waals surface area contributed by atoms with Crippen LogP contribution in [0.3, 0.4) is 0 Å². The fourth-order valence-corrected chi connectivity index (χ4v) is 9.31. The van der Waals surface area contributed by atoms with E-state index in [1.807, 2.05) is 18.2 Å². The summed E-state index contributed by atoms with van der Waals surface area (Å²) in [7, 11) is 0. The molecule has 5 heteroatoms. The number of para-hydroxylation sites is 1. The monoisotopic (exact) mass is 727 g/mol. The fourth-order valence-electron chi connectivity index (χ4n) is 9.31. The van der Waals surface area contributed by atoms with Crippen LogP contribution in [-0.4, -0.2) is 14.5 Å². The second kappa shape index (κ2) is 11.4. The van der Waals surface area contributed by atoms with Crippen LogP contribution < -0.4 is 0 Å². The minimum atomic E-state index is 0.502. The molecular weight excluding hydrogens is 699 g/mol. The molecule has 0 aliphatic carbocycles. The molecule has 0 amide bonds. The first-order valence-corrected chi connectivity index (χ1v) is 19.2. The Bertz CT molecular complexity index is 3690. The number of fused-ring (bicyclic) bond motifs is 6. The number of hydrogen-bond acceptors (Lipinski definition) is 4. The Labute approximate surface area is 325 Å². The third-order valence-corrected chi connectivity index (χ3v) is 11.7. The van der Waals surface area contributed by atoms with Crippen LogP contribution in [0.15, 0.2) is 185 Å². The molecule has 9 aromatic carbocycles. The van der Waals surface area contributed by atoms with Gasteiger partial charge in [0, 0.05) is 32.5 Å². The number of nitrogens with zero attached hydrogens (tertiary/aromatic N) is 3. The number of aromatic nitrogens is 3. The predicted octanol–water partition coefficient (Wildman–Crippen LogP) is 14.1. The first-order valence-electron chi connectivity index (χ1n) is 19.2. The molecule has 0 saturated heterocycles. The molecule has 0 radical (unpaired) electrons. The van der Waals surface area contributed by atoms with Crippen molar-refractivity contribution in [1.82, 2.24) is 14.5 Å². The van der Waals surface area contributed by atoms with Crippen LogP contribution >= 0.6 is 0 Å². The number of rotatable bonds is 4. The second-order valence-corrected chi connectivity index (χ2v) is 14.9. The van der Waals surface area contributed by atoms with E-state index in [1.165, 1.54) is 21.5 Å². The van der Waals surface area contributed by atoms with Gasteiger partial charge >= 0.3 is 0 Å². The average Bonchev–Trinajstić information content (AvgIpc) is 3.95. The number of benzene rings is 8. The Morgan fingerprint density at radius 2 is 0.912 bits per heavy atom. The van der Waals surface area contributed by atoms with Gasteiger partial charge in [-0.1, -0.05) is 121 Å². The molecule has 0 saturated carbocycles. The zero-order valence-electron chi connectivity index (χ0n) is 30.4. The highest BCUT2D eigenvalue weighted by Gasteiger charge is 2.26. The van der Waals surface area contributed by atoms with E-state index in [-0.39, 0.29) is 0 Å². The van der Waals surface area contributed by atoms with Crippen molar-refractivity contribution < 1.29 is 8.83 Å². The first kappa shape index (κ1) is 30.6. The molecule has 0 fully saturated rings. The smallest absolute Gasteiger partial charge is 0.247 e. The minimum absolute atomic E-state index is 0.502. The maximum atomic E-state index is 6.65. The van der Waals surface area contributed by atoms with Crippen LogP contribution in [-0.2, 0) is 0 Å². The van der Waals surface area contributed by atoms with E-state index in [4.69, 9.17) is 18.8 Å². The fraction of sp³-hybridized carbons (Fsp3) is 0. The van der Waals surface area contributed by atoms with Crippen LogP contribution in [0.5, 0.6) is 0 Å². The van der Waals surface area contributed by atoms with E-state index in [1.54, 1.807) is 0 Å². The molecule has 0 aliphatic heterocycles. The van der Waals surface area contributed by atoms with Gasteiger partial charge in [0.25, 0.3) is 0 Å². The van der Waals surface area contributed by atoms with Gasteiger partial charge in [-0.05, 0) is 98.4 Å². The summed E-state index contributed by atoms with van der Waals surface area (Å²) in [6.07, 6.45) is 0. The lowest BCUT2D eigenvalue weighted by atomic mass is 9.95. The molecule has 57 heavy (non-hydrogen) atoms. The van der Waals surface area contributed by atoms with E-state index < -0.39 is 0 Å². The molecule has 5 nitrogen and oxygen atoms in total. The maximum Gasteiger partial charge on any atom is 0.247 e. The van der Waals surface area contributed by atoms with Crippen molar-refractivity contribution in [3.05, 3.63) is 176 Å². The predicted molar refractivity (Wildman–Crippen MR) is 233 cm³/mol. The third kappa shape index (κ3) is 4.28. The van der Waals surface area contributed by atoms with Gasteiger partial charge in [0.05, 0.1) is 11.0 Å². The van der Waals surface area contributed by atoms with Gasteiger partial charge in [-0.2, -0.15) is 0 Å². The summed E-state index contributed by atoms with van der Waals surface area (Å²) in [5, 5.41) is 10.2. The van der Waals surface area contributed by atoms with Crippen molar-refractivity contribution in [1.29, 1.82) is 0 Å². The lowest BCUT2D eigenvalue weighted by molar-refractivity contribution is 0.653. The highest BCUT2D eigenvalue weighted by Crippen LogP contribution is 2.48. The summed E-state index contributed by atoms with van der Waals surface area (Å²) < 4.78 is 15.5. The van der Waals surface area contributed by atoms with E-state index in [0.29, 0.717) is 5.71 Å². The third-order valence-electron chi connectivity index (χ3n) is 11.7. The van der Waals surface area contributed by atoms with Crippen molar-refractivity contribution in [3.63, 3.8) is 0 Å². The van der Waals surface area contributed by atoms with E-state index in [0.717, 1.165) is 99.6 Å². The molecule has 0 bridgehead atoms. The zero-order valence-corrected chi connectivity index (χ0v) is 30.4. The van der Waals surface area contributed by atoms with Crippen LogP contribution in [0, 0.1) is 0 Å². The van der Waals surface area contributed by atoms with Crippen LogP contribution in [0.2, 0.25) is 0 Å². The van der Waals surface area contributed by atoms with Crippen molar-refractivity contribution in [2.24, 2.45) is 0 Å². The highest BCUT2D eigenvalue weighted by molar-refractivity contribution is 6.38. The quantitative estimate of drug-likeness (QED) is 0.181. The van der Waals surface area contributed by atoms with Crippen molar-refractivity contribution in [2.75, 3.05) is 0 Å². The van der Waals surface area contributed by atoms with Crippen molar-refractivity contribution in [2.45, 2.75) is 0 Å². The molecular formula is C52H29N3O2. The summed E-state index contributed by atoms with van der Waals surface area (Å²) >= 11 is 0. The van der Waals surface area contributed by atoms with E-state index >= 15 is 0 Å². The van der Waals surface area contributed by atoms with Crippen LogP contribution in [0.1, 0.15) is 0 Å². The Morgan fingerprint density at radius 3 is 1.65 bits per heavy atom. The van der Waals surface area contributed by atoms with Crippen molar-refractivity contribution >= 4 is 87.5 Å². The van der Waals surface area contributed by atoms with Gasteiger partial charge in [-0.15, -0.1) is 0 Å². The first-order chi connectivity index (χ1) is 28.3.